The maximum Gasteiger partial charge on any atom is 0.166 e. The van der Waals surface area contributed by atoms with E-state index in [1.165, 1.54) is 16.7 Å². The largest absolute Gasteiger partial charge is 0.358 e. The number of benzene rings is 1. The Morgan fingerprint density at radius 3 is 2.83 bits per heavy atom. The number of rotatable bonds is 2. The Balaban J connectivity index is 2.29. The highest BCUT2D eigenvalue weighted by Crippen LogP contribution is 2.31. The normalized spacial score (nSPS) is 19.6. The quantitative estimate of drug-likeness (QED) is 0.767. The van der Waals surface area contributed by atoms with Crippen molar-refractivity contribution in [2.24, 2.45) is 0 Å². The molecule has 1 fully saturated rings. The van der Waals surface area contributed by atoms with Gasteiger partial charge in [-0.2, -0.15) is 0 Å². The first-order valence-corrected chi connectivity index (χ1v) is 5.59. The summed E-state index contributed by atoms with van der Waals surface area (Å²) in [5.74, 6) is -1.34. The summed E-state index contributed by atoms with van der Waals surface area (Å²) in [6.45, 7) is 0.473. The van der Waals surface area contributed by atoms with Crippen LogP contribution in [0.4, 0.5) is 8.78 Å². The molecule has 5 heteroatoms. The van der Waals surface area contributed by atoms with Gasteiger partial charge in [-0.3, -0.25) is 4.79 Å². The number of hydrogen-bond acceptors (Lipinski definition) is 2. The van der Waals surface area contributed by atoms with E-state index in [0.29, 0.717) is 24.8 Å². The Morgan fingerprint density at radius 2 is 2.17 bits per heavy atom. The Morgan fingerprint density at radius 1 is 1.33 bits per heavy atom. The molecule has 0 aliphatic carbocycles. The monoisotopic (exact) mass is 250 g/mol. The van der Waals surface area contributed by atoms with E-state index in [1.54, 1.807) is 0 Å². The molecule has 0 N–H and O–H groups in total. The third kappa shape index (κ3) is 1.62. The van der Waals surface area contributed by atoms with Crippen molar-refractivity contribution >= 4 is 17.2 Å². The molecule has 1 aromatic carbocycles. The van der Waals surface area contributed by atoms with Gasteiger partial charge in [0.05, 0.1) is 17.8 Å². The summed E-state index contributed by atoms with van der Waals surface area (Å²) in [6.07, 6.45) is 2.78. The molecule has 93 valence electrons. The number of hydrogen-bond donors (Lipinski definition) is 0. The van der Waals surface area contributed by atoms with E-state index >= 15 is 0 Å². The summed E-state index contributed by atoms with van der Waals surface area (Å²) < 4.78 is 33.9. The van der Waals surface area contributed by atoms with Crippen LogP contribution in [0, 0.1) is 18.1 Å². The zero-order chi connectivity index (χ0) is 12.7. The summed E-state index contributed by atoms with van der Waals surface area (Å²) in [5.41, 5.74) is 0.629. The smallest absolute Gasteiger partial charge is 0.166 e. The number of fused-ring (bicyclic) bond motifs is 1. The van der Waals surface area contributed by atoms with E-state index in [9.17, 15) is 13.6 Å². The average Bonchev–Trinajstić information content (AvgIpc) is 2.94. The fraction of sp³-hybridized carbons (Fsp3) is 0.231. The van der Waals surface area contributed by atoms with Crippen molar-refractivity contribution in [3.8, 4) is 0 Å². The van der Waals surface area contributed by atoms with Gasteiger partial charge in [0, 0.05) is 11.5 Å². The molecule has 0 saturated carbocycles. The maximum atomic E-state index is 13.6. The van der Waals surface area contributed by atoms with E-state index in [1.807, 2.05) is 6.42 Å². The van der Waals surface area contributed by atoms with Gasteiger partial charge in [-0.15, -0.1) is 0 Å². The van der Waals surface area contributed by atoms with Crippen LogP contribution in [-0.2, 0) is 4.74 Å². The first-order valence-electron chi connectivity index (χ1n) is 5.59. The number of halogens is 2. The summed E-state index contributed by atoms with van der Waals surface area (Å²) in [4.78, 5) is 11.0. The van der Waals surface area contributed by atoms with Gasteiger partial charge in [0.2, 0.25) is 0 Å². The van der Waals surface area contributed by atoms with Crippen molar-refractivity contribution in [1.82, 2.24) is 4.57 Å². The number of aldehydes is 1. The third-order valence-electron chi connectivity index (χ3n) is 3.09. The minimum Gasteiger partial charge on any atom is -0.358 e. The van der Waals surface area contributed by atoms with Gasteiger partial charge in [0.15, 0.2) is 6.29 Å². The van der Waals surface area contributed by atoms with Gasteiger partial charge in [-0.25, -0.2) is 8.78 Å². The van der Waals surface area contributed by atoms with E-state index in [4.69, 9.17) is 4.74 Å². The standard InChI is InChI=1S/C13H10F2NO2/c14-8-4-11(15)10-6-9(7-17)16(12(10)5-8)13-2-1-3-18-13/h1,4-7,13H,2-3H2. The summed E-state index contributed by atoms with van der Waals surface area (Å²) in [5, 5.41) is 0.231. The van der Waals surface area contributed by atoms with Gasteiger partial charge in [-0.1, -0.05) is 0 Å². The zero-order valence-electron chi connectivity index (χ0n) is 9.40. The van der Waals surface area contributed by atoms with Crippen LogP contribution in [0.15, 0.2) is 18.2 Å². The van der Waals surface area contributed by atoms with Crippen molar-refractivity contribution in [3.05, 3.63) is 41.9 Å². The molecule has 3 nitrogen and oxygen atoms in total. The molecule has 3 rings (SSSR count). The highest BCUT2D eigenvalue weighted by Gasteiger charge is 2.23. The van der Waals surface area contributed by atoms with E-state index in [-0.39, 0.29) is 17.3 Å². The Bertz CT molecular complexity index is 615. The van der Waals surface area contributed by atoms with Crippen LogP contribution < -0.4 is 0 Å². The molecule has 0 spiro atoms. The summed E-state index contributed by atoms with van der Waals surface area (Å²) in [7, 11) is 0. The molecule has 1 aliphatic rings. The molecule has 1 aromatic heterocycles. The van der Waals surface area contributed by atoms with Crippen LogP contribution in [0.25, 0.3) is 10.9 Å². The van der Waals surface area contributed by atoms with Crippen LogP contribution in [0.2, 0.25) is 0 Å². The Labute approximate surface area is 102 Å². The molecule has 1 unspecified atom stereocenters. The van der Waals surface area contributed by atoms with Crippen LogP contribution in [-0.4, -0.2) is 17.5 Å². The molecule has 1 atom stereocenters. The van der Waals surface area contributed by atoms with Crippen molar-refractivity contribution in [3.63, 3.8) is 0 Å². The van der Waals surface area contributed by atoms with Crippen LogP contribution in [0.3, 0.4) is 0 Å². The molecular formula is C13H10F2NO2. The molecule has 0 bridgehead atoms. The number of aromatic nitrogens is 1. The number of nitrogens with zero attached hydrogens (tertiary/aromatic N) is 1. The second kappa shape index (κ2) is 4.17. The topological polar surface area (TPSA) is 31.2 Å². The highest BCUT2D eigenvalue weighted by molar-refractivity contribution is 5.89. The molecule has 18 heavy (non-hydrogen) atoms. The van der Waals surface area contributed by atoms with Crippen LogP contribution >= 0.6 is 0 Å². The molecule has 1 saturated heterocycles. The van der Waals surface area contributed by atoms with E-state index < -0.39 is 11.6 Å². The SMILES string of the molecule is O=Cc1cc2c(F)cc(F)cc2n1C1C[CH]CO1. The van der Waals surface area contributed by atoms with Crippen LogP contribution in [0.5, 0.6) is 0 Å². The lowest BCUT2D eigenvalue weighted by atomic mass is 10.2. The Hall–Kier alpha value is -1.75. The lowest BCUT2D eigenvalue weighted by molar-refractivity contribution is 0.0591. The molecule has 2 aromatic rings. The van der Waals surface area contributed by atoms with Crippen molar-refractivity contribution in [2.45, 2.75) is 12.6 Å². The third-order valence-corrected chi connectivity index (χ3v) is 3.09. The lowest BCUT2D eigenvalue weighted by Gasteiger charge is -2.15. The highest BCUT2D eigenvalue weighted by atomic mass is 19.1. The molecule has 1 radical (unpaired) electrons. The van der Waals surface area contributed by atoms with Gasteiger partial charge in [-0.05, 0) is 25.0 Å². The average molecular weight is 250 g/mol. The van der Waals surface area contributed by atoms with E-state index in [2.05, 4.69) is 0 Å². The fourth-order valence-corrected chi connectivity index (χ4v) is 2.32. The first-order chi connectivity index (χ1) is 8.70. The van der Waals surface area contributed by atoms with Gasteiger partial charge < -0.3 is 9.30 Å². The van der Waals surface area contributed by atoms with Gasteiger partial charge >= 0.3 is 0 Å². The predicted molar refractivity (Wildman–Crippen MR) is 61.1 cm³/mol. The van der Waals surface area contributed by atoms with Crippen molar-refractivity contribution in [1.29, 1.82) is 0 Å². The second-order valence-electron chi connectivity index (χ2n) is 4.19. The van der Waals surface area contributed by atoms with E-state index in [0.717, 1.165) is 6.07 Å². The predicted octanol–water partition coefficient (Wildman–Crippen LogP) is 2.86. The molecular weight excluding hydrogens is 240 g/mol. The number of ether oxygens (including phenoxy) is 1. The molecule has 1 aliphatic heterocycles. The van der Waals surface area contributed by atoms with Crippen molar-refractivity contribution in [2.75, 3.05) is 6.61 Å². The lowest BCUT2D eigenvalue weighted by Crippen LogP contribution is -2.10. The number of carbonyl (C=O) groups excluding carboxylic acids is 1. The minimum atomic E-state index is -0.672. The van der Waals surface area contributed by atoms with Crippen LogP contribution in [0.1, 0.15) is 23.1 Å². The number of carbonyl (C=O) groups is 1. The Kier molecular flexibility index (Phi) is 2.63. The fourth-order valence-electron chi connectivity index (χ4n) is 2.32. The molecule has 0 amide bonds. The first kappa shape index (κ1) is 11.3. The van der Waals surface area contributed by atoms with Gasteiger partial charge in [0.25, 0.3) is 0 Å². The van der Waals surface area contributed by atoms with Gasteiger partial charge in [0.1, 0.15) is 17.9 Å². The summed E-state index contributed by atoms with van der Waals surface area (Å²) in [6, 6.07) is 3.44. The molecule has 2 heterocycles. The zero-order valence-corrected chi connectivity index (χ0v) is 9.40. The summed E-state index contributed by atoms with van der Waals surface area (Å²) >= 11 is 0. The maximum absolute atomic E-state index is 13.6. The minimum absolute atomic E-state index is 0.231. The van der Waals surface area contributed by atoms with Crippen molar-refractivity contribution < 1.29 is 18.3 Å². The second-order valence-corrected chi connectivity index (χ2v) is 4.19.